The summed E-state index contributed by atoms with van der Waals surface area (Å²) in [6.45, 7) is 0.659. The van der Waals surface area contributed by atoms with Crippen LogP contribution in [0.15, 0.2) is 24.3 Å². The molecule has 1 amide bonds. The topological polar surface area (TPSA) is 54.0 Å². The van der Waals surface area contributed by atoms with E-state index >= 15 is 0 Å². The number of thiazole rings is 1. The summed E-state index contributed by atoms with van der Waals surface area (Å²) in [5, 5.41) is 6.53. The van der Waals surface area contributed by atoms with E-state index in [4.69, 9.17) is 0 Å². The Kier molecular flexibility index (Phi) is 4.91. The van der Waals surface area contributed by atoms with Gasteiger partial charge < -0.3 is 10.6 Å². The van der Waals surface area contributed by atoms with Gasteiger partial charge in [0.1, 0.15) is 11.2 Å². The van der Waals surface area contributed by atoms with E-state index in [9.17, 15) is 9.18 Å². The minimum absolute atomic E-state index is 0. The van der Waals surface area contributed by atoms with Crippen LogP contribution in [-0.4, -0.2) is 29.6 Å². The summed E-state index contributed by atoms with van der Waals surface area (Å²) < 4.78 is 14.1. The van der Waals surface area contributed by atoms with Gasteiger partial charge in [-0.05, 0) is 12.1 Å². The van der Waals surface area contributed by atoms with Gasteiger partial charge in [-0.15, -0.1) is 23.7 Å². The van der Waals surface area contributed by atoms with Crippen LogP contribution in [0.25, 0.3) is 10.2 Å². The van der Waals surface area contributed by atoms with Gasteiger partial charge in [0.05, 0.1) is 22.8 Å². The van der Waals surface area contributed by atoms with Crippen molar-refractivity contribution in [2.45, 2.75) is 25.2 Å². The molecule has 0 saturated carbocycles. The number of hydrogen-bond donors (Lipinski definition) is 2. The van der Waals surface area contributed by atoms with Crippen LogP contribution < -0.4 is 10.6 Å². The summed E-state index contributed by atoms with van der Waals surface area (Å²) in [6.07, 6.45) is -0.663. The first kappa shape index (κ1) is 15.2. The minimum Gasteiger partial charge on any atom is -0.348 e. The number of hydrogen-bond acceptors (Lipinski definition) is 4. The summed E-state index contributed by atoms with van der Waals surface area (Å²) in [5.41, 5.74) is 0.944. The average Bonchev–Trinajstić information content (AvgIpc) is 3.01. The van der Waals surface area contributed by atoms with E-state index in [1.54, 1.807) is 11.3 Å². The van der Waals surface area contributed by atoms with Crippen molar-refractivity contribution in [3.8, 4) is 0 Å². The van der Waals surface area contributed by atoms with E-state index in [-0.39, 0.29) is 31.3 Å². The second-order valence-corrected chi connectivity index (χ2v) is 5.70. The van der Waals surface area contributed by atoms with Gasteiger partial charge in [-0.25, -0.2) is 9.37 Å². The summed E-state index contributed by atoms with van der Waals surface area (Å²) in [4.78, 5) is 16.3. The zero-order chi connectivity index (χ0) is 13.2. The normalized spacial score (nSPS) is 21.6. The molecule has 2 heterocycles. The van der Waals surface area contributed by atoms with Crippen LogP contribution in [0.4, 0.5) is 4.39 Å². The number of fused-ring (bicyclic) bond motifs is 1. The van der Waals surface area contributed by atoms with Gasteiger partial charge in [0.2, 0.25) is 5.91 Å². The molecule has 3 rings (SSSR count). The number of carbonyl (C=O) groups excluding carboxylic acids is 1. The Morgan fingerprint density at radius 1 is 1.50 bits per heavy atom. The zero-order valence-corrected chi connectivity index (χ0v) is 12.3. The van der Waals surface area contributed by atoms with Gasteiger partial charge in [-0.1, -0.05) is 12.1 Å². The lowest BCUT2D eigenvalue weighted by molar-refractivity contribution is -0.123. The molecule has 4 nitrogen and oxygen atoms in total. The largest absolute Gasteiger partial charge is 0.348 e. The lowest BCUT2D eigenvalue weighted by atomic mass is 10.2. The number of rotatable bonds is 3. The van der Waals surface area contributed by atoms with Crippen molar-refractivity contribution in [3.05, 3.63) is 29.3 Å². The highest BCUT2D eigenvalue weighted by atomic mass is 35.5. The van der Waals surface area contributed by atoms with Gasteiger partial charge in [-0.3, -0.25) is 4.79 Å². The predicted octanol–water partition coefficient (Wildman–Crippen LogP) is 2.03. The van der Waals surface area contributed by atoms with Crippen molar-refractivity contribution < 1.29 is 9.18 Å². The Morgan fingerprint density at radius 2 is 2.30 bits per heavy atom. The molecule has 0 aliphatic carbocycles. The molecular formula is C13H15ClFN3OS. The smallest absolute Gasteiger partial charge is 0.237 e. The molecule has 2 N–H and O–H groups in total. The molecule has 0 radical (unpaired) electrons. The average molecular weight is 316 g/mol. The SMILES string of the molecule is Cl.O=C(NCc1nc2ccccc2s1)[C@@H]1C[C@@H](F)CN1. The van der Waals surface area contributed by atoms with Gasteiger partial charge in [0, 0.05) is 13.0 Å². The third-order valence-corrected chi connectivity index (χ3v) is 4.18. The van der Waals surface area contributed by atoms with E-state index in [0.29, 0.717) is 6.54 Å². The monoisotopic (exact) mass is 315 g/mol. The van der Waals surface area contributed by atoms with Crippen molar-refractivity contribution in [3.63, 3.8) is 0 Å². The number of halogens is 2. The van der Waals surface area contributed by atoms with Crippen molar-refractivity contribution in [1.82, 2.24) is 15.6 Å². The molecule has 2 atom stereocenters. The Bertz CT molecular complexity index is 573. The third kappa shape index (κ3) is 3.26. The first-order chi connectivity index (χ1) is 9.22. The fraction of sp³-hybridized carbons (Fsp3) is 0.385. The first-order valence-corrected chi connectivity index (χ1v) is 7.03. The lowest BCUT2D eigenvalue weighted by Gasteiger charge is -2.09. The van der Waals surface area contributed by atoms with Gasteiger partial charge >= 0.3 is 0 Å². The number of aromatic nitrogens is 1. The Balaban J connectivity index is 0.00000147. The van der Waals surface area contributed by atoms with Crippen molar-refractivity contribution >= 4 is 39.9 Å². The molecule has 1 aliphatic rings. The quantitative estimate of drug-likeness (QED) is 0.911. The number of alkyl halides is 1. The minimum atomic E-state index is -0.918. The van der Waals surface area contributed by atoms with E-state index in [1.807, 2.05) is 24.3 Å². The zero-order valence-electron chi connectivity index (χ0n) is 10.6. The van der Waals surface area contributed by atoms with Gasteiger partial charge in [0.15, 0.2) is 0 Å². The Hall–Kier alpha value is -1.24. The van der Waals surface area contributed by atoms with E-state index < -0.39 is 12.2 Å². The van der Waals surface area contributed by atoms with E-state index in [0.717, 1.165) is 15.2 Å². The number of nitrogens with zero attached hydrogens (tertiary/aromatic N) is 1. The maximum absolute atomic E-state index is 13.0. The molecule has 1 aromatic heterocycles. The highest BCUT2D eigenvalue weighted by molar-refractivity contribution is 7.18. The lowest BCUT2D eigenvalue weighted by Crippen LogP contribution is -2.39. The van der Waals surface area contributed by atoms with Crippen LogP contribution in [0.1, 0.15) is 11.4 Å². The summed E-state index contributed by atoms with van der Waals surface area (Å²) in [5.74, 6) is -0.153. The second-order valence-electron chi connectivity index (χ2n) is 4.59. The fourth-order valence-corrected chi connectivity index (χ4v) is 3.08. The molecule has 7 heteroatoms. The molecule has 1 aromatic carbocycles. The van der Waals surface area contributed by atoms with Crippen LogP contribution in [0, 0.1) is 0 Å². The number of nitrogens with one attached hydrogen (secondary N) is 2. The second kappa shape index (κ2) is 6.47. The maximum atomic E-state index is 13.0. The van der Waals surface area contributed by atoms with Crippen molar-refractivity contribution in [2.75, 3.05) is 6.54 Å². The molecule has 0 bridgehead atoms. The highest BCUT2D eigenvalue weighted by Gasteiger charge is 2.28. The number of para-hydroxylation sites is 1. The first-order valence-electron chi connectivity index (χ1n) is 6.22. The Morgan fingerprint density at radius 3 is 3.00 bits per heavy atom. The van der Waals surface area contributed by atoms with E-state index in [2.05, 4.69) is 15.6 Å². The van der Waals surface area contributed by atoms with Gasteiger partial charge in [0.25, 0.3) is 0 Å². The molecular weight excluding hydrogens is 301 g/mol. The van der Waals surface area contributed by atoms with Crippen LogP contribution in [0.2, 0.25) is 0 Å². The van der Waals surface area contributed by atoms with Crippen LogP contribution in [0.3, 0.4) is 0 Å². The predicted molar refractivity (Wildman–Crippen MR) is 80.0 cm³/mol. The molecule has 2 aromatic rings. The fourth-order valence-electron chi connectivity index (χ4n) is 2.17. The molecule has 108 valence electrons. The van der Waals surface area contributed by atoms with Crippen molar-refractivity contribution in [1.29, 1.82) is 0 Å². The molecule has 0 spiro atoms. The summed E-state index contributed by atoms with van der Waals surface area (Å²) in [7, 11) is 0. The van der Waals surface area contributed by atoms with Crippen LogP contribution in [-0.2, 0) is 11.3 Å². The highest BCUT2D eigenvalue weighted by Crippen LogP contribution is 2.21. The number of carbonyl (C=O) groups is 1. The number of amides is 1. The molecule has 0 unspecified atom stereocenters. The summed E-state index contributed by atoms with van der Waals surface area (Å²) in [6, 6.07) is 7.44. The summed E-state index contributed by atoms with van der Waals surface area (Å²) >= 11 is 1.56. The van der Waals surface area contributed by atoms with E-state index in [1.165, 1.54) is 0 Å². The van der Waals surface area contributed by atoms with Gasteiger partial charge in [-0.2, -0.15) is 0 Å². The van der Waals surface area contributed by atoms with Crippen LogP contribution >= 0.6 is 23.7 Å². The third-order valence-electron chi connectivity index (χ3n) is 3.15. The number of benzene rings is 1. The molecule has 1 fully saturated rings. The van der Waals surface area contributed by atoms with Crippen molar-refractivity contribution in [2.24, 2.45) is 0 Å². The Labute approximate surface area is 126 Å². The molecule has 20 heavy (non-hydrogen) atoms. The molecule has 1 saturated heterocycles. The molecule has 1 aliphatic heterocycles. The van der Waals surface area contributed by atoms with Crippen LogP contribution in [0.5, 0.6) is 0 Å². The standard InChI is InChI=1S/C13H14FN3OS.ClH/c14-8-5-10(15-6-8)13(18)16-7-12-17-9-3-1-2-4-11(9)19-12;/h1-4,8,10,15H,5-7H2,(H,16,18);1H/t8-,10+;/m1./s1. The maximum Gasteiger partial charge on any atom is 0.237 e.